The second kappa shape index (κ2) is 9.37. The third kappa shape index (κ3) is 4.98. The molecule has 0 fully saturated rings. The minimum absolute atomic E-state index is 0.140. The summed E-state index contributed by atoms with van der Waals surface area (Å²) in [6.45, 7) is 0.185. The van der Waals surface area contributed by atoms with E-state index >= 15 is 0 Å². The van der Waals surface area contributed by atoms with Gasteiger partial charge in [0, 0.05) is 22.0 Å². The van der Waals surface area contributed by atoms with E-state index in [4.69, 9.17) is 11.6 Å². The first-order chi connectivity index (χ1) is 15.0. The molecule has 0 aromatic heterocycles. The Morgan fingerprint density at radius 1 is 1.03 bits per heavy atom. The number of nitrogens with zero attached hydrogens (tertiary/aromatic N) is 1. The van der Waals surface area contributed by atoms with E-state index in [1.54, 1.807) is 36.4 Å². The summed E-state index contributed by atoms with van der Waals surface area (Å²) in [5.41, 5.74) is 1.88. The number of carbonyl (C=O) groups excluding carboxylic acids is 2. The summed E-state index contributed by atoms with van der Waals surface area (Å²) < 4.78 is 14.1. The largest absolute Gasteiger partial charge is 0.350 e. The Kier molecular flexibility index (Phi) is 6.39. The number of hydrogen-bond donors (Lipinski definition) is 1. The van der Waals surface area contributed by atoms with E-state index in [-0.39, 0.29) is 18.4 Å². The van der Waals surface area contributed by atoms with E-state index in [0.29, 0.717) is 27.7 Å². The maximum absolute atomic E-state index is 14.1. The highest BCUT2D eigenvalue weighted by molar-refractivity contribution is 8.04. The quantitative estimate of drug-likeness (QED) is 0.536. The fraction of sp³-hybridized carbons (Fsp3) is 0.0833. The predicted molar refractivity (Wildman–Crippen MR) is 122 cm³/mol. The van der Waals surface area contributed by atoms with Crippen LogP contribution in [0.25, 0.3) is 6.08 Å². The van der Waals surface area contributed by atoms with Gasteiger partial charge in [-0.05, 0) is 42.0 Å². The molecule has 4 rings (SSSR count). The Morgan fingerprint density at radius 2 is 1.74 bits per heavy atom. The number of halogens is 2. The Hall–Kier alpha value is -3.09. The molecule has 7 heteroatoms. The molecule has 0 bridgehead atoms. The third-order valence-corrected chi connectivity index (χ3v) is 6.06. The lowest BCUT2D eigenvalue weighted by Gasteiger charge is -2.29. The molecule has 156 valence electrons. The number of amides is 2. The summed E-state index contributed by atoms with van der Waals surface area (Å²) in [5, 5.41) is 3.45. The molecule has 0 spiro atoms. The summed E-state index contributed by atoms with van der Waals surface area (Å²) in [7, 11) is 0. The average molecular weight is 453 g/mol. The van der Waals surface area contributed by atoms with Crippen molar-refractivity contribution in [1.82, 2.24) is 5.32 Å². The molecular formula is C24H18ClFN2O2S. The maximum atomic E-state index is 14.1. The van der Waals surface area contributed by atoms with Crippen molar-refractivity contribution in [3.63, 3.8) is 0 Å². The molecule has 4 nitrogen and oxygen atoms in total. The zero-order valence-corrected chi connectivity index (χ0v) is 17.9. The van der Waals surface area contributed by atoms with Crippen LogP contribution in [-0.4, -0.2) is 18.4 Å². The number of nitrogens with one attached hydrogen (secondary N) is 1. The van der Waals surface area contributed by atoms with Crippen molar-refractivity contribution in [2.75, 3.05) is 11.4 Å². The molecule has 0 radical (unpaired) electrons. The van der Waals surface area contributed by atoms with Crippen LogP contribution in [0.4, 0.5) is 10.1 Å². The topological polar surface area (TPSA) is 49.4 Å². The molecule has 1 aliphatic heterocycles. The fourth-order valence-corrected chi connectivity index (χ4v) is 4.33. The normalized spacial score (nSPS) is 14.5. The van der Waals surface area contributed by atoms with Crippen molar-refractivity contribution in [2.24, 2.45) is 0 Å². The SMILES string of the molecule is O=C(CN1C(=O)/C(=C/c2ccccc2F)Sc2ccccc21)NCc1ccc(Cl)cc1. The Labute approximate surface area is 188 Å². The molecule has 3 aromatic carbocycles. The number of anilines is 1. The van der Waals surface area contributed by atoms with Gasteiger partial charge < -0.3 is 5.32 Å². The van der Waals surface area contributed by atoms with Gasteiger partial charge in [0.1, 0.15) is 12.4 Å². The highest BCUT2D eigenvalue weighted by Gasteiger charge is 2.30. The second-order valence-electron chi connectivity index (χ2n) is 6.89. The molecule has 31 heavy (non-hydrogen) atoms. The van der Waals surface area contributed by atoms with Gasteiger partial charge in [-0.3, -0.25) is 14.5 Å². The zero-order chi connectivity index (χ0) is 21.8. The molecule has 0 saturated heterocycles. The van der Waals surface area contributed by atoms with E-state index in [9.17, 15) is 14.0 Å². The number of thioether (sulfide) groups is 1. The van der Waals surface area contributed by atoms with Gasteiger partial charge in [0.15, 0.2) is 0 Å². The van der Waals surface area contributed by atoms with Gasteiger partial charge in [0.25, 0.3) is 5.91 Å². The number of fused-ring (bicyclic) bond motifs is 1. The molecule has 0 unspecified atom stereocenters. The number of hydrogen-bond acceptors (Lipinski definition) is 3. The standard InChI is InChI=1S/C24H18ClFN2O2S/c25-18-11-9-16(10-12-18)14-27-23(29)15-28-20-7-3-4-8-21(20)31-22(24(28)30)13-17-5-1-2-6-19(17)26/h1-13H,14-15H2,(H,27,29)/b22-13-. The molecule has 0 atom stereocenters. The van der Waals surface area contributed by atoms with Gasteiger partial charge in [-0.15, -0.1) is 0 Å². The van der Waals surface area contributed by atoms with Crippen LogP contribution in [0.1, 0.15) is 11.1 Å². The molecular weight excluding hydrogens is 435 g/mol. The monoisotopic (exact) mass is 452 g/mol. The summed E-state index contributed by atoms with van der Waals surface area (Å²) in [5.74, 6) is -1.04. The number of rotatable bonds is 5. The number of para-hydroxylation sites is 1. The van der Waals surface area contributed by atoms with Crippen molar-refractivity contribution in [3.8, 4) is 0 Å². The average Bonchev–Trinajstić information content (AvgIpc) is 2.77. The van der Waals surface area contributed by atoms with Crippen LogP contribution >= 0.6 is 23.4 Å². The van der Waals surface area contributed by atoms with E-state index < -0.39 is 5.82 Å². The predicted octanol–water partition coefficient (Wildman–Crippen LogP) is 5.28. The zero-order valence-electron chi connectivity index (χ0n) is 16.3. The second-order valence-corrected chi connectivity index (χ2v) is 8.41. The lowest BCUT2D eigenvalue weighted by atomic mass is 10.2. The van der Waals surface area contributed by atoms with Crippen molar-refractivity contribution in [2.45, 2.75) is 11.4 Å². The molecule has 0 saturated carbocycles. The summed E-state index contributed by atoms with van der Waals surface area (Å²) >= 11 is 7.16. The maximum Gasteiger partial charge on any atom is 0.265 e. The van der Waals surface area contributed by atoms with Crippen molar-refractivity contribution >= 4 is 46.9 Å². The van der Waals surface area contributed by atoms with Gasteiger partial charge in [-0.2, -0.15) is 0 Å². The van der Waals surface area contributed by atoms with Gasteiger partial charge in [0.2, 0.25) is 5.91 Å². The van der Waals surface area contributed by atoms with Crippen molar-refractivity contribution in [3.05, 3.63) is 99.7 Å². The Morgan fingerprint density at radius 3 is 2.52 bits per heavy atom. The first-order valence-corrected chi connectivity index (χ1v) is 10.8. The fourth-order valence-electron chi connectivity index (χ4n) is 3.15. The lowest BCUT2D eigenvalue weighted by molar-refractivity contribution is -0.122. The van der Waals surface area contributed by atoms with E-state index in [1.165, 1.54) is 28.8 Å². The van der Waals surface area contributed by atoms with Crippen LogP contribution in [-0.2, 0) is 16.1 Å². The van der Waals surface area contributed by atoms with Crippen LogP contribution in [0.3, 0.4) is 0 Å². The van der Waals surface area contributed by atoms with E-state index in [1.807, 2.05) is 30.3 Å². The minimum atomic E-state index is -0.408. The van der Waals surface area contributed by atoms with Gasteiger partial charge in [-0.25, -0.2) is 4.39 Å². The van der Waals surface area contributed by atoms with Crippen LogP contribution < -0.4 is 10.2 Å². The summed E-state index contributed by atoms with van der Waals surface area (Å²) in [4.78, 5) is 28.4. The molecule has 1 aliphatic rings. The van der Waals surface area contributed by atoms with Gasteiger partial charge >= 0.3 is 0 Å². The summed E-state index contributed by atoms with van der Waals surface area (Å²) in [6.07, 6.45) is 1.52. The van der Waals surface area contributed by atoms with Gasteiger partial charge in [0.05, 0.1) is 10.6 Å². The molecule has 0 aliphatic carbocycles. The summed E-state index contributed by atoms with van der Waals surface area (Å²) in [6, 6.07) is 20.8. The Bertz CT molecular complexity index is 1160. The van der Waals surface area contributed by atoms with Crippen LogP contribution in [0.15, 0.2) is 82.6 Å². The Balaban J connectivity index is 1.55. The minimum Gasteiger partial charge on any atom is -0.350 e. The third-order valence-electron chi connectivity index (χ3n) is 4.73. The molecule has 2 amide bonds. The number of carbonyl (C=O) groups is 2. The highest BCUT2D eigenvalue weighted by Crippen LogP contribution is 2.42. The van der Waals surface area contributed by atoms with Crippen molar-refractivity contribution < 1.29 is 14.0 Å². The van der Waals surface area contributed by atoms with Crippen LogP contribution in [0.5, 0.6) is 0 Å². The lowest BCUT2D eigenvalue weighted by Crippen LogP contribution is -2.42. The van der Waals surface area contributed by atoms with E-state index in [0.717, 1.165) is 10.5 Å². The molecule has 1 N–H and O–H groups in total. The smallest absolute Gasteiger partial charge is 0.265 e. The molecule has 3 aromatic rings. The van der Waals surface area contributed by atoms with Crippen LogP contribution in [0.2, 0.25) is 5.02 Å². The number of benzene rings is 3. The van der Waals surface area contributed by atoms with Crippen molar-refractivity contribution in [1.29, 1.82) is 0 Å². The highest BCUT2D eigenvalue weighted by atomic mass is 35.5. The first kappa shape index (κ1) is 21.2. The van der Waals surface area contributed by atoms with Gasteiger partial charge in [-0.1, -0.05) is 65.8 Å². The molecule has 1 heterocycles. The first-order valence-electron chi connectivity index (χ1n) is 9.57. The van der Waals surface area contributed by atoms with E-state index in [2.05, 4.69) is 5.32 Å². The van der Waals surface area contributed by atoms with Crippen LogP contribution in [0, 0.1) is 5.82 Å².